The van der Waals surface area contributed by atoms with Gasteiger partial charge in [-0.25, -0.2) is 0 Å². The summed E-state index contributed by atoms with van der Waals surface area (Å²) in [7, 11) is 2.10. The van der Waals surface area contributed by atoms with Gasteiger partial charge in [0.15, 0.2) is 0 Å². The van der Waals surface area contributed by atoms with E-state index in [4.69, 9.17) is 0 Å². The van der Waals surface area contributed by atoms with Gasteiger partial charge in [-0.2, -0.15) is 0 Å². The van der Waals surface area contributed by atoms with Gasteiger partial charge in [-0.1, -0.05) is 36.8 Å². The van der Waals surface area contributed by atoms with Crippen molar-refractivity contribution in [3.8, 4) is 0 Å². The Morgan fingerprint density at radius 3 is 2.73 bits per heavy atom. The van der Waals surface area contributed by atoms with Gasteiger partial charge in [0.1, 0.15) is 0 Å². The number of rotatable bonds is 3. The highest BCUT2D eigenvalue weighted by atomic mass is 14.9. The van der Waals surface area contributed by atoms with Crippen LogP contribution in [0.4, 0.5) is 0 Å². The molecule has 0 saturated heterocycles. The zero-order chi connectivity index (χ0) is 10.7. The first-order valence-electron chi connectivity index (χ1n) is 5.97. The number of hydrogen-bond donors (Lipinski definition) is 1. The lowest BCUT2D eigenvalue weighted by Gasteiger charge is -2.31. The van der Waals surface area contributed by atoms with Crippen LogP contribution in [0.3, 0.4) is 0 Å². The van der Waals surface area contributed by atoms with E-state index in [0.717, 1.165) is 5.92 Å². The van der Waals surface area contributed by atoms with Crippen molar-refractivity contribution in [2.75, 3.05) is 7.05 Å². The molecule has 0 amide bonds. The summed E-state index contributed by atoms with van der Waals surface area (Å²) < 4.78 is 0. The highest BCUT2D eigenvalue weighted by Crippen LogP contribution is 2.37. The Hall–Kier alpha value is -0.820. The van der Waals surface area contributed by atoms with Gasteiger partial charge >= 0.3 is 0 Å². The van der Waals surface area contributed by atoms with Gasteiger partial charge in [0.05, 0.1) is 0 Å². The minimum Gasteiger partial charge on any atom is -0.314 e. The molecule has 82 valence electrons. The van der Waals surface area contributed by atoms with Crippen molar-refractivity contribution in [2.45, 2.75) is 38.1 Å². The summed E-state index contributed by atoms with van der Waals surface area (Å²) in [5.41, 5.74) is 1.83. The Morgan fingerprint density at radius 1 is 1.33 bits per heavy atom. The molecule has 1 aliphatic rings. The molecule has 1 fully saturated rings. The van der Waals surface area contributed by atoms with Crippen molar-refractivity contribution < 1.29 is 0 Å². The SMILES string of the molecule is CNC1(C)CCCC1Cc1ccccc1. The molecule has 0 radical (unpaired) electrons. The number of hydrogen-bond acceptors (Lipinski definition) is 1. The van der Waals surface area contributed by atoms with Gasteiger partial charge in [-0.05, 0) is 44.7 Å². The quantitative estimate of drug-likeness (QED) is 0.796. The van der Waals surface area contributed by atoms with E-state index in [9.17, 15) is 0 Å². The molecule has 2 unspecified atom stereocenters. The summed E-state index contributed by atoms with van der Waals surface area (Å²) in [5.74, 6) is 0.796. The van der Waals surface area contributed by atoms with Gasteiger partial charge in [0.2, 0.25) is 0 Å². The topological polar surface area (TPSA) is 12.0 Å². The van der Waals surface area contributed by atoms with Crippen LogP contribution in [0.25, 0.3) is 0 Å². The Morgan fingerprint density at radius 2 is 2.07 bits per heavy atom. The third kappa shape index (κ3) is 2.23. The maximum absolute atomic E-state index is 3.51. The van der Waals surface area contributed by atoms with Gasteiger partial charge in [0, 0.05) is 5.54 Å². The van der Waals surface area contributed by atoms with Crippen LogP contribution >= 0.6 is 0 Å². The maximum Gasteiger partial charge on any atom is 0.0181 e. The zero-order valence-corrected chi connectivity index (χ0v) is 9.79. The third-order valence-electron chi connectivity index (χ3n) is 4.05. The van der Waals surface area contributed by atoms with Gasteiger partial charge in [0.25, 0.3) is 0 Å². The predicted molar refractivity (Wildman–Crippen MR) is 65.0 cm³/mol. The Bertz CT molecular complexity index is 306. The molecule has 0 aromatic heterocycles. The summed E-state index contributed by atoms with van der Waals surface area (Å²) in [4.78, 5) is 0. The summed E-state index contributed by atoms with van der Waals surface area (Å²) in [6.07, 6.45) is 5.28. The standard InChI is InChI=1S/C14H21N/c1-14(15-2)10-6-9-13(14)11-12-7-4-3-5-8-12/h3-5,7-8,13,15H,6,9-11H2,1-2H3. The molecule has 1 N–H and O–H groups in total. The molecule has 1 aliphatic carbocycles. The van der Waals surface area contributed by atoms with Crippen LogP contribution in [0, 0.1) is 5.92 Å². The summed E-state index contributed by atoms with van der Waals surface area (Å²) in [5, 5.41) is 3.51. The van der Waals surface area contributed by atoms with Crippen molar-refractivity contribution in [3.63, 3.8) is 0 Å². The van der Waals surface area contributed by atoms with E-state index in [0.29, 0.717) is 5.54 Å². The smallest absolute Gasteiger partial charge is 0.0181 e. The average molecular weight is 203 g/mol. The fourth-order valence-corrected chi connectivity index (χ4v) is 2.79. The molecule has 0 bridgehead atoms. The van der Waals surface area contributed by atoms with Crippen LogP contribution in [0.1, 0.15) is 31.7 Å². The Kier molecular flexibility index (Phi) is 3.11. The molecule has 15 heavy (non-hydrogen) atoms. The lowest BCUT2D eigenvalue weighted by molar-refractivity contribution is 0.286. The number of nitrogens with one attached hydrogen (secondary N) is 1. The van der Waals surface area contributed by atoms with E-state index in [1.807, 2.05) is 0 Å². The van der Waals surface area contributed by atoms with Gasteiger partial charge in [-0.3, -0.25) is 0 Å². The molecule has 1 nitrogen and oxygen atoms in total. The molecule has 0 spiro atoms. The second-order valence-electron chi connectivity index (χ2n) is 4.95. The Balaban J connectivity index is 2.06. The van der Waals surface area contributed by atoms with Crippen molar-refractivity contribution in [1.82, 2.24) is 5.32 Å². The monoisotopic (exact) mass is 203 g/mol. The van der Waals surface area contributed by atoms with Gasteiger partial charge < -0.3 is 5.32 Å². The highest BCUT2D eigenvalue weighted by molar-refractivity contribution is 5.17. The first-order valence-corrected chi connectivity index (χ1v) is 5.97. The van der Waals surface area contributed by atoms with Crippen LogP contribution in [0.2, 0.25) is 0 Å². The van der Waals surface area contributed by atoms with E-state index in [1.54, 1.807) is 0 Å². The lowest BCUT2D eigenvalue weighted by atomic mass is 9.84. The van der Waals surface area contributed by atoms with Crippen LogP contribution in [-0.2, 0) is 6.42 Å². The molecule has 0 heterocycles. The zero-order valence-electron chi connectivity index (χ0n) is 9.79. The minimum absolute atomic E-state index is 0.357. The fraction of sp³-hybridized carbons (Fsp3) is 0.571. The second kappa shape index (κ2) is 4.36. The van der Waals surface area contributed by atoms with Crippen LogP contribution in [-0.4, -0.2) is 12.6 Å². The fourth-order valence-electron chi connectivity index (χ4n) is 2.79. The van der Waals surface area contributed by atoms with E-state index in [1.165, 1.54) is 31.2 Å². The normalized spacial score (nSPS) is 30.7. The van der Waals surface area contributed by atoms with E-state index in [-0.39, 0.29) is 0 Å². The van der Waals surface area contributed by atoms with Crippen LogP contribution in [0.5, 0.6) is 0 Å². The minimum atomic E-state index is 0.357. The second-order valence-corrected chi connectivity index (χ2v) is 4.95. The molecule has 1 aromatic rings. The Labute approximate surface area is 92.9 Å². The first-order chi connectivity index (χ1) is 7.24. The maximum atomic E-state index is 3.51. The van der Waals surface area contributed by atoms with Crippen molar-refractivity contribution in [3.05, 3.63) is 35.9 Å². The molecular weight excluding hydrogens is 182 g/mol. The average Bonchev–Trinajstić information content (AvgIpc) is 2.63. The molecule has 2 rings (SSSR count). The first kappa shape index (κ1) is 10.7. The van der Waals surface area contributed by atoms with Crippen LogP contribution < -0.4 is 5.32 Å². The van der Waals surface area contributed by atoms with Crippen LogP contribution in [0.15, 0.2) is 30.3 Å². The molecule has 1 saturated carbocycles. The molecule has 0 aliphatic heterocycles. The van der Waals surface area contributed by atoms with Crippen molar-refractivity contribution in [1.29, 1.82) is 0 Å². The molecule has 2 atom stereocenters. The van der Waals surface area contributed by atoms with E-state index < -0.39 is 0 Å². The van der Waals surface area contributed by atoms with Crippen molar-refractivity contribution in [2.24, 2.45) is 5.92 Å². The van der Waals surface area contributed by atoms with Gasteiger partial charge in [-0.15, -0.1) is 0 Å². The lowest BCUT2D eigenvalue weighted by Crippen LogP contribution is -2.43. The summed E-state index contributed by atoms with van der Waals surface area (Å²) in [6, 6.07) is 10.9. The highest BCUT2D eigenvalue weighted by Gasteiger charge is 2.36. The number of benzene rings is 1. The van der Waals surface area contributed by atoms with E-state index >= 15 is 0 Å². The predicted octanol–water partition coefficient (Wildman–Crippen LogP) is 3.01. The van der Waals surface area contributed by atoms with E-state index in [2.05, 4.69) is 49.6 Å². The summed E-state index contributed by atoms with van der Waals surface area (Å²) >= 11 is 0. The molecule has 1 heteroatoms. The largest absolute Gasteiger partial charge is 0.314 e. The molecular formula is C14H21N. The third-order valence-corrected chi connectivity index (χ3v) is 4.05. The van der Waals surface area contributed by atoms with Crippen molar-refractivity contribution >= 4 is 0 Å². The molecule has 1 aromatic carbocycles. The summed E-state index contributed by atoms with van der Waals surface area (Å²) in [6.45, 7) is 2.37.